The van der Waals surface area contributed by atoms with Crippen LogP contribution in [0.1, 0.15) is 47.2 Å². The molecule has 1 unspecified atom stereocenters. The summed E-state index contributed by atoms with van der Waals surface area (Å²) in [4.78, 5) is 15.8. The molecular formula is C28H32ClN3O4S. The third-order valence-electron chi connectivity index (χ3n) is 7.08. The lowest BCUT2D eigenvalue weighted by molar-refractivity contribution is -0.131. The maximum atomic E-state index is 13.9. The summed E-state index contributed by atoms with van der Waals surface area (Å²) in [5.41, 5.74) is 10.7. The van der Waals surface area contributed by atoms with Gasteiger partial charge in [-0.1, -0.05) is 41.4 Å². The molecule has 1 atom stereocenters. The third kappa shape index (κ3) is 4.93. The number of benzene rings is 3. The van der Waals surface area contributed by atoms with E-state index in [1.54, 1.807) is 6.92 Å². The van der Waals surface area contributed by atoms with Crippen LogP contribution >= 0.6 is 11.6 Å². The Morgan fingerprint density at radius 2 is 1.81 bits per heavy atom. The average molecular weight is 542 g/mol. The van der Waals surface area contributed by atoms with Crippen molar-refractivity contribution in [3.63, 3.8) is 0 Å². The fraction of sp³-hybridized carbons (Fsp3) is 0.321. The molecule has 196 valence electrons. The van der Waals surface area contributed by atoms with Gasteiger partial charge in [0, 0.05) is 18.7 Å². The van der Waals surface area contributed by atoms with Crippen molar-refractivity contribution in [3.8, 4) is 5.75 Å². The Bertz CT molecular complexity index is 1470. The van der Waals surface area contributed by atoms with Gasteiger partial charge in [-0.3, -0.25) is 9.69 Å². The number of nitrogens with two attached hydrogens (primary N) is 1. The van der Waals surface area contributed by atoms with Crippen LogP contribution in [0.2, 0.25) is 5.02 Å². The Hall–Kier alpha value is -3.07. The summed E-state index contributed by atoms with van der Waals surface area (Å²) in [7, 11) is -4.21. The van der Waals surface area contributed by atoms with Gasteiger partial charge in [0.2, 0.25) is 0 Å². The number of halogens is 1. The quantitative estimate of drug-likeness (QED) is 0.409. The molecule has 0 radical (unpaired) electrons. The number of ether oxygens (including phenoxy) is 1. The van der Waals surface area contributed by atoms with Crippen LogP contribution in [-0.4, -0.2) is 25.8 Å². The number of rotatable bonds is 7. The zero-order valence-electron chi connectivity index (χ0n) is 21.7. The number of nitrogens with one attached hydrogen (secondary N) is 1. The van der Waals surface area contributed by atoms with Gasteiger partial charge in [-0.05, 0) is 81.1 Å². The van der Waals surface area contributed by atoms with E-state index in [4.69, 9.17) is 22.1 Å². The highest BCUT2D eigenvalue weighted by Gasteiger charge is 2.49. The van der Waals surface area contributed by atoms with Crippen molar-refractivity contribution >= 4 is 33.2 Å². The zero-order valence-corrected chi connectivity index (χ0v) is 23.3. The van der Waals surface area contributed by atoms with Crippen LogP contribution in [0.5, 0.6) is 5.75 Å². The molecule has 0 saturated heterocycles. The van der Waals surface area contributed by atoms with Gasteiger partial charge in [0.25, 0.3) is 15.9 Å². The normalized spacial score (nSPS) is 17.5. The number of aryl methyl sites for hydroxylation is 3. The van der Waals surface area contributed by atoms with Gasteiger partial charge in [0.05, 0.1) is 22.2 Å². The number of anilines is 1. The van der Waals surface area contributed by atoms with Crippen LogP contribution in [-0.2, 0) is 33.4 Å². The van der Waals surface area contributed by atoms with Crippen LogP contribution in [0.4, 0.5) is 5.69 Å². The highest BCUT2D eigenvalue weighted by Crippen LogP contribution is 2.44. The molecule has 1 aliphatic rings. The van der Waals surface area contributed by atoms with Crippen LogP contribution in [0.25, 0.3) is 0 Å². The number of fused-ring (bicyclic) bond motifs is 1. The first kappa shape index (κ1) is 27.0. The standard InChI is InChI=1S/C28H32ClN3O4S/c1-6-36-26-9-7-8-23-22(26)16-32(15-21-18(3)12-17(2)13-19(21)4)28(23,5)27(33)31-37(34,35)20-10-11-24(29)25(30)14-20/h7-14H,6,15-16,30H2,1-5H3,(H,31,33). The molecular weight excluding hydrogens is 510 g/mol. The van der Waals surface area contributed by atoms with E-state index in [2.05, 4.69) is 37.6 Å². The topological polar surface area (TPSA) is 102 Å². The van der Waals surface area contributed by atoms with E-state index in [0.717, 1.165) is 27.8 Å². The molecule has 3 aromatic rings. The number of amides is 1. The smallest absolute Gasteiger partial charge is 0.264 e. The van der Waals surface area contributed by atoms with Crippen LogP contribution in [0.3, 0.4) is 0 Å². The lowest BCUT2D eigenvalue weighted by Gasteiger charge is -2.35. The first-order chi connectivity index (χ1) is 17.4. The highest BCUT2D eigenvalue weighted by molar-refractivity contribution is 7.90. The monoisotopic (exact) mass is 541 g/mol. The summed E-state index contributed by atoms with van der Waals surface area (Å²) < 4.78 is 34.6. The number of nitrogen functional groups attached to an aromatic ring is 1. The van der Waals surface area contributed by atoms with E-state index < -0.39 is 21.5 Å². The van der Waals surface area contributed by atoms with E-state index >= 15 is 0 Å². The lowest BCUT2D eigenvalue weighted by atomic mass is 9.89. The molecule has 7 nitrogen and oxygen atoms in total. The Kier molecular flexibility index (Phi) is 7.29. The molecule has 0 spiro atoms. The van der Waals surface area contributed by atoms with Crippen molar-refractivity contribution in [1.82, 2.24) is 9.62 Å². The first-order valence-corrected chi connectivity index (χ1v) is 13.9. The van der Waals surface area contributed by atoms with Gasteiger partial charge in [-0.2, -0.15) is 0 Å². The number of hydrogen-bond acceptors (Lipinski definition) is 6. The fourth-order valence-corrected chi connectivity index (χ4v) is 6.30. The minimum absolute atomic E-state index is 0.114. The summed E-state index contributed by atoms with van der Waals surface area (Å²) >= 11 is 5.96. The van der Waals surface area contributed by atoms with Crippen molar-refractivity contribution in [2.24, 2.45) is 0 Å². The van der Waals surface area contributed by atoms with Crippen LogP contribution < -0.4 is 15.2 Å². The molecule has 0 bridgehead atoms. The third-order valence-corrected chi connectivity index (χ3v) is 8.75. The lowest BCUT2D eigenvalue weighted by Crippen LogP contribution is -2.52. The van der Waals surface area contributed by atoms with E-state index in [1.807, 2.05) is 30.0 Å². The number of nitrogens with zero attached hydrogens (tertiary/aromatic N) is 1. The zero-order chi connectivity index (χ0) is 27.1. The van der Waals surface area contributed by atoms with E-state index in [1.165, 1.54) is 18.2 Å². The SMILES string of the molecule is CCOc1cccc2c1CN(Cc1c(C)cc(C)cc1C)C2(C)C(=O)NS(=O)(=O)c1ccc(Cl)c(N)c1. The van der Waals surface area contributed by atoms with Gasteiger partial charge in [0.15, 0.2) is 0 Å². The molecule has 1 aliphatic heterocycles. The van der Waals surface area contributed by atoms with E-state index in [0.29, 0.717) is 31.0 Å². The molecule has 9 heteroatoms. The average Bonchev–Trinajstić information content (AvgIpc) is 3.11. The molecule has 3 N–H and O–H groups in total. The molecule has 37 heavy (non-hydrogen) atoms. The predicted molar refractivity (Wildman–Crippen MR) is 146 cm³/mol. The summed E-state index contributed by atoms with van der Waals surface area (Å²) in [6.45, 7) is 11.2. The van der Waals surface area contributed by atoms with Crippen LogP contribution in [0, 0.1) is 20.8 Å². The van der Waals surface area contributed by atoms with E-state index in [-0.39, 0.29) is 15.6 Å². The molecule has 3 aromatic carbocycles. The number of hydrogen-bond donors (Lipinski definition) is 2. The Morgan fingerprint density at radius 3 is 2.43 bits per heavy atom. The molecule has 1 amide bonds. The predicted octanol–water partition coefficient (Wildman–Crippen LogP) is 4.98. The first-order valence-electron chi connectivity index (χ1n) is 12.1. The highest BCUT2D eigenvalue weighted by atomic mass is 35.5. The van der Waals surface area contributed by atoms with Gasteiger partial charge in [-0.15, -0.1) is 0 Å². The summed E-state index contributed by atoms with van der Waals surface area (Å²) in [5.74, 6) is 0.0306. The van der Waals surface area contributed by atoms with Crippen LogP contribution in [0.15, 0.2) is 53.4 Å². The molecule has 0 aliphatic carbocycles. The molecule has 0 fully saturated rings. The van der Waals surface area contributed by atoms with Gasteiger partial charge < -0.3 is 10.5 Å². The number of carbonyl (C=O) groups excluding carboxylic acids is 1. The largest absolute Gasteiger partial charge is 0.494 e. The molecule has 4 rings (SSSR count). The molecule has 0 saturated carbocycles. The van der Waals surface area contributed by atoms with Gasteiger partial charge in [-0.25, -0.2) is 13.1 Å². The Labute approximate surface area is 223 Å². The van der Waals surface area contributed by atoms with Crippen molar-refractivity contribution < 1.29 is 17.9 Å². The van der Waals surface area contributed by atoms with Crippen molar-refractivity contribution in [2.75, 3.05) is 12.3 Å². The summed E-state index contributed by atoms with van der Waals surface area (Å²) in [5, 5.41) is 0.237. The minimum atomic E-state index is -4.21. The Balaban J connectivity index is 1.78. The summed E-state index contributed by atoms with van der Waals surface area (Å²) in [6, 6.07) is 13.8. The molecule has 0 aromatic heterocycles. The Morgan fingerprint density at radius 1 is 1.14 bits per heavy atom. The second-order valence-electron chi connectivity index (χ2n) is 9.64. The second-order valence-corrected chi connectivity index (χ2v) is 11.7. The van der Waals surface area contributed by atoms with Gasteiger partial charge >= 0.3 is 0 Å². The molecule has 1 heterocycles. The summed E-state index contributed by atoms with van der Waals surface area (Å²) in [6.07, 6.45) is 0. The maximum Gasteiger partial charge on any atom is 0.264 e. The number of sulfonamides is 1. The van der Waals surface area contributed by atoms with Gasteiger partial charge in [0.1, 0.15) is 11.3 Å². The van der Waals surface area contributed by atoms with Crippen molar-refractivity contribution in [3.05, 3.63) is 86.9 Å². The van der Waals surface area contributed by atoms with Crippen molar-refractivity contribution in [1.29, 1.82) is 0 Å². The van der Waals surface area contributed by atoms with Crippen molar-refractivity contribution in [2.45, 2.75) is 58.1 Å². The maximum absolute atomic E-state index is 13.9. The minimum Gasteiger partial charge on any atom is -0.494 e. The number of carbonyl (C=O) groups is 1. The fourth-order valence-electron chi connectivity index (χ4n) is 5.09. The second kappa shape index (κ2) is 10.0. The van der Waals surface area contributed by atoms with E-state index in [9.17, 15) is 13.2 Å².